The van der Waals surface area contributed by atoms with Gasteiger partial charge in [-0.15, -0.1) is 0 Å². The molecule has 0 saturated carbocycles. The number of benzene rings is 1. The summed E-state index contributed by atoms with van der Waals surface area (Å²) in [6.07, 6.45) is 4.14. The molecule has 1 N–H and O–H groups in total. The van der Waals surface area contributed by atoms with Crippen molar-refractivity contribution in [2.75, 3.05) is 7.05 Å². The molecule has 7 heteroatoms. The van der Waals surface area contributed by atoms with E-state index in [2.05, 4.69) is 10.4 Å². The summed E-state index contributed by atoms with van der Waals surface area (Å²) in [5, 5.41) is 8.08. The van der Waals surface area contributed by atoms with Gasteiger partial charge in [0.2, 0.25) is 0 Å². The van der Waals surface area contributed by atoms with Crippen molar-refractivity contribution in [2.24, 2.45) is 7.05 Å². The molecule has 2 heterocycles. The van der Waals surface area contributed by atoms with Crippen LogP contribution in [0.2, 0.25) is 0 Å². The third kappa shape index (κ3) is 4.16. The molecule has 1 aliphatic rings. The second-order valence-corrected chi connectivity index (χ2v) is 8.03. The van der Waals surface area contributed by atoms with Gasteiger partial charge in [0.25, 0.3) is 5.91 Å². The Hall–Kier alpha value is -2.93. The molecular weight excluding hydrogens is 383 g/mol. The van der Waals surface area contributed by atoms with Gasteiger partial charge in [-0.2, -0.15) is 5.10 Å². The molecular formula is C23H27FN4O2. The highest BCUT2D eigenvalue weighted by atomic mass is 19.1. The summed E-state index contributed by atoms with van der Waals surface area (Å²) in [5.41, 5.74) is 4.66. The number of rotatable bonds is 6. The number of halogens is 1. The summed E-state index contributed by atoms with van der Waals surface area (Å²) >= 11 is 0. The van der Waals surface area contributed by atoms with E-state index in [1.165, 1.54) is 6.07 Å². The normalized spacial score (nSPS) is 15.8. The zero-order chi connectivity index (χ0) is 21.3. The Balaban J connectivity index is 1.47. The number of nitrogens with zero attached hydrogens (tertiary/aromatic N) is 3. The van der Waals surface area contributed by atoms with Crippen molar-refractivity contribution in [2.45, 2.75) is 45.3 Å². The van der Waals surface area contributed by atoms with Gasteiger partial charge in [-0.05, 0) is 61.6 Å². The van der Waals surface area contributed by atoms with E-state index in [1.807, 2.05) is 30.8 Å². The molecule has 6 nitrogen and oxygen atoms in total. The first-order valence-corrected chi connectivity index (χ1v) is 10.2. The van der Waals surface area contributed by atoms with Gasteiger partial charge in [0.15, 0.2) is 5.69 Å². The van der Waals surface area contributed by atoms with Crippen molar-refractivity contribution in [3.05, 3.63) is 76.3 Å². The van der Waals surface area contributed by atoms with Crippen molar-refractivity contribution in [1.82, 2.24) is 20.0 Å². The number of hydrogen-bond acceptors (Lipinski definition) is 4. The van der Waals surface area contributed by atoms with Gasteiger partial charge in [0.05, 0.1) is 12.8 Å². The second kappa shape index (κ2) is 8.44. The zero-order valence-corrected chi connectivity index (χ0v) is 17.6. The van der Waals surface area contributed by atoms with Crippen LogP contribution in [0.25, 0.3) is 0 Å². The topological polar surface area (TPSA) is 63.3 Å². The summed E-state index contributed by atoms with van der Waals surface area (Å²) in [6.45, 7) is 2.99. The molecule has 0 spiro atoms. The predicted octanol–water partition coefficient (Wildman–Crippen LogP) is 3.38. The van der Waals surface area contributed by atoms with Crippen molar-refractivity contribution in [1.29, 1.82) is 0 Å². The molecule has 1 aromatic carbocycles. The largest absolute Gasteiger partial charge is 0.467 e. The minimum Gasteiger partial charge on any atom is -0.467 e. The Bertz CT molecular complexity index is 1040. The Kier molecular flexibility index (Phi) is 5.72. The Morgan fingerprint density at radius 2 is 2.23 bits per heavy atom. The van der Waals surface area contributed by atoms with E-state index < -0.39 is 0 Å². The van der Waals surface area contributed by atoms with Gasteiger partial charge in [0, 0.05) is 37.9 Å². The maximum atomic E-state index is 13.6. The Morgan fingerprint density at radius 1 is 1.40 bits per heavy atom. The van der Waals surface area contributed by atoms with E-state index in [0.717, 1.165) is 47.4 Å². The van der Waals surface area contributed by atoms with Crippen molar-refractivity contribution < 1.29 is 13.6 Å². The first kappa shape index (κ1) is 20.3. The van der Waals surface area contributed by atoms with Crippen molar-refractivity contribution in [3.8, 4) is 0 Å². The summed E-state index contributed by atoms with van der Waals surface area (Å²) in [5.74, 6) is 0.411. The molecule has 0 saturated heterocycles. The predicted molar refractivity (Wildman–Crippen MR) is 112 cm³/mol. The number of carbonyl (C=O) groups excluding carboxylic acids is 1. The number of aromatic nitrogens is 2. The van der Waals surface area contributed by atoms with E-state index in [9.17, 15) is 9.18 Å². The summed E-state index contributed by atoms with van der Waals surface area (Å²) in [6, 6.07) is 8.75. The number of furan rings is 1. The lowest BCUT2D eigenvalue weighted by Crippen LogP contribution is -2.35. The molecule has 0 fully saturated rings. The molecule has 0 radical (unpaired) electrons. The van der Waals surface area contributed by atoms with Gasteiger partial charge in [0.1, 0.15) is 11.6 Å². The highest BCUT2D eigenvalue weighted by molar-refractivity contribution is 5.94. The smallest absolute Gasteiger partial charge is 0.274 e. The number of aryl methyl sites for hydroxylation is 2. The highest BCUT2D eigenvalue weighted by Gasteiger charge is 2.29. The molecule has 4 rings (SSSR count). The second-order valence-electron chi connectivity index (χ2n) is 8.03. The number of carbonyl (C=O) groups is 1. The number of amides is 1. The average Bonchev–Trinajstić information content (AvgIpc) is 3.36. The minimum atomic E-state index is -0.219. The fourth-order valence-corrected chi connectivity index (χ4v) is 4.11. The van der Waals surface area contributed by atoms with Gasteiger partial charge in [-0.25, -0.2) is 4.39 Å². The highest BCUT2D eigenvalue weighted by Crippen LogP contribution is 2.26. The molecule has 1 amide bonds. The molecule has 1 aliphatic carbocycles. The monoisotopic (exact) mass is 410 g/mol. The molecule has 1 unspecified atom stereocenters. The van der Waals surface area contributed by atoms with Crippen LogP contribution >= 0.6 is 0 Å². The number of fused-ring (bicyclic) bond motifs is 1. The zero-order valence-electron chi connectivity index (χ0n) is 17.6. The summed E-state index contributed by atoms with van der Waals surface area (Å²) in [4.78, 5) is 14.7. The van der Waals surface area contributed by atoms with E-state index in [-0.39, 0.29) is 17.8 Å². The maximum absolute atomic E-state index is 13.6. The van der Waals surface area contributed by atoms with Crippen LogP contribution in [-0.4, -0.2) is 33.7 Å². The summed E-state index contributed by atoms with van der Waals surface area (Å²) < 4.78 is 20.8. The molecule has 3 aromatic rings. The first-order valence-electron chi connectivity index (χ1n) is 10.2. The summed E-state index contributed by atoms with van der Waals surface area (Å²) in [7, 11) is 3.66. The van der Waals surface area contributed by atoms with Crippen LogP contribution in [0.1, 0.15) is 45.1 Å². The minimum absolute atomic E-state index is 0.107. The van der Waals surface area contributed by atoms with Crippen LogP contribution in [0, 0.1) is 12.7 Å². The molecule has 30 heavy (non-hydrogen) atoms. The Labute approximate surface area is 175 Å². The van der Waals surface area contributed by atoms with Gasteiger partial charge in [-0.1, -0.05) is 6.07 Å². The third-order valence-corrected chi connectivity index (χ3v) is 5.87. The fraction of sp³-hybridized carbons (Fsp3) is 0.391. The first-order chi connectivity index (χ1) is 14.4. The van der Waals surface area contributed by atoms with Crippen LogP contribution in [0.5, 0.6) is 0 Å². The number of hydrogen-bond donors (Lipinski definition) is 1. The molecule has 1 atom stereocenters. The van der Waals surface area contributed by atoms with Crippen LogP contribution < -0.4 is 5.32 Å². The van der Waals surface area contributed by atoms with Gasteiger partial charge >= 0.3 is 0 Å². The van der Waals surface area contributed by atoms with Gasteiger partial charge in [-0.3, -0.25) is 9.48 Å². The SMILES string of the molecule is Cc1ccc(F)cc1CNC1CCc2c(c(C(=O)N(C)Cc3ccco3)nn2C)C1. The standard InChI is InChI=1S/C23H27FN4O2/c1-15-6-7-17(24)11-16(15)13-25-18-8-9-21-20(12-18)22(26-28(21)3)23(29)27(2)14-19-5-4-10-30-19/h4-7,10-11,18,25H,8-9,12-14H2,1-3H3. The van der Waals surface area contributed by atoms with Gasteiger partial charge < -0.3 is 14.6 Å². The number of nitrogens with one attached hydrogen (secondary N) is 1. The Morgan fingerprint density at radius 3 is 3.00 bits per heavy atom. The lowest BCUT2D eigenvalue weighted by atomic mass is 9.91. The van der Waals surface area contributed by atoms with E-state index in [4.69, 9.17) is 4.42 Å². The van der Waals surface area contributed by atoms with Crippen molar-refractivity contribution in [3.63, 3.8) is 0 Å². The maximum Gasteiger partial charge on any atom is 0.274 e. The van der Waals surface area contributed by atoms with E-state index in [0.29, 0.717) is 18.8 Å². The van der Waals surface area contributed by atoms with Crippen molar-refractivity contribution >= 4 is 5.91 Å². The molecule has 2 aromatic heterocycles. The van der Waals surface area contributed by atoms with E-state index in [1.54, 1.807) is 30.3 Å². The molecule has 0 bridgehead atoms. The molecule has 0 aliphatic heterocycles. The lowest BCUT2D eigenvalue weighted by molar-refractivity contribution is 0.0767. The fourth-order valence-electron chi connectivity index (χ4n) is 4.11. The van der Waals surface area contributed by atoms with Crippen LogP contribution in [-0.2, 0) is 33.0 Å². The van der Waals surface area contributed by atoms with Crippen LogP contribution in [0.15, 0.2) is 41.0 Å². The third-order valence-electron chi connectivity index (χ3n) is 5.87. The average molecular weight is 410 g/mol. The van der Waals surface area contributed by atoms with Crippen LogP contribution in [0.3, 0.4) is 0 Å². The lowest BCUT2D eigenvalue weighted by Gasteiger charge is -2.25. The van der Waals surface area contributed by atoms with E-state index >= 15 is 0 Å². The molecule has 158 valence electrons. The quantitative estimate of drug-likeness (QED) is 0.677. The van der Waals surface area contributed by atoms with Crippen LogP contribution in [0.4, 0.5) is 4.39 Å².